The molecule has 3 saturated heterocycles. The van der Waals surface area contributed by atoms with Crippen LogP contribution >= 0.6 is 0 Å². The van der Waals surface area contributed by atoms with Crippen molar-refractivity contribution in [3.05, 3.63) is 0 Å². The second-order valence-electron chi connectivity index (χ2n) is 15.8. The van der Waals surface area contributed by atoms with Crippen LogP contribution in [0.25, 0.3) is 0 Å². The van der Waals surface area contributed by atoms with Crippen LogP contribution in [0.2, 0.25) is 0 Å². The summed E-state index contributed by atoms with van der Waals surface area (Å²) in [4.78, 5) is 13.5. The molecule has 0 aromatic heterocycles. The van der Waals surface area contributed by atoms with Crippen LogP contribution in [0, 0.1) is 52.8 Å². The van der Waals surface area contributed by atoms with Crippen LogP contribution in [0.1, 0.15) is 91.4 Å². The van der Waals surface area contributed by atoms with Crippen LogP contribution in [-0.4, -0.2) is 54.9 Å². The molecule has 8 aliphatic carbocycles. The van der Waals surface area contributed by atoms with Gasteiger partial charge in [0.2, 0.25) is 0 Å². The molecule has 11 fully saturated rings. The molecule has 8 saturated carbocycles. The highest BCUT2D eigenvalue weighted by Crippen LogP contribution is 2.65. The zero-order valence-corrected chi connectivity index (χ0v) is 23.8. The van der Waals surface area contributed by atoms with Gasteiger partial charge in [-0.15, -0.1) is 0 Å². The van der Waals surface area contributed by atoms with Gasteiger partial charge in [0.15, 0.2) is 30.1 Å². The first-order valence-corrected chi connectivity index (χ1v) is 16.3. The minimum Gasteiger partial charge on any atom is -0.456 e. The van der Waals surface area contributed by atoms with Crippen LogP contribution in [0.5, 0.6) is 0 Å². The van der Waals surface area contributed by atoms with Gasteiger partial charge in [0.25, 0.3) is 0 Å². The predicted octanol–water partition coefficient (Wildman–Crippen LogP) is 5.19. The monoisotopic (exact) mass is 542 g/mol. The van der Waals surface area contributed by atoms with E-state index in [0.717, 1.165) is 23.7 Å². The van der Waals surface area contributed by atoms with Crippen LogP contribution in [0.4, 0.5) is 0 Å². The Labute approximate surface area is 232 Å². The number of hydrogen-bond acceptors (Lipinski definition) is 7. The van der Waals surface area contributed by atoms with Crippen molar-refractivity contribution in [2.75, 3.05) is 6.61 Å². The smallest absolute Gasteiger partial charge is 0.311 e. The normalized spacial score (nSPS) is 58.2. The average molecular weight is 543 g/mol. The molecule has 0 radical (unpaired) electrons. The number of ether oxygens (including phenoxy) is 6. The Balaban J connectivity index is 0.995. The van der Waals surface area contributed by atoms with Gasteiger partial charge in [-0.2, -0.15) is 0 Å². The summed E-state index contributed by atoms with van der Waals surface area (Å²) in [6, 6.07) is 0. The van der Waals surface area contributed by atoms with Crippen molar-refractivity contribution in [1.29, 1.82) is 0 Å². The third-order valence-electron chi connectivity index (χ3n) is 13.2. The maximum Gasteiger partial charge on any atom is 0.311 e. The van der Waals surface area contributed by atoms with Crippen molar-refractivity contribution in [1.82, 2.24) is 0 Å². The fourth-order valence-corrected chi connectivity index (χ4v) is 11.3. The lowest BCUT2D eigenvalue weighted by atomic mass is 9.53. The van der Waals surface area contributed by atoms with Crippen molar-refractivity contribution >= 4 is 5.97 Å². The average Bonchev–Trinajstić information content (AvgIpc) is 3.58. The second-order valence-corrected chi connectivity index (χ2v) is 15.8. The SMILES string of the molecule is CCC(C)(C)C(=O)OC1C(C2COC3(O2)C2CC4CC(C2)CC3C4)OC2OC3(OC21)C1CC2CC(C1)CC3C2. The van der Waals surface area contributed by atoms with E-state index in [-0.39, 0.29) is 12.1 Å². The lowest BCUT2D eigenvalue weighted by Gasteiger charge is -2.58. The summed E-state index contributed by atoms with van der Waals surface area (Å²) in [5.74, 6) is 3.87. The maximum absolute atomic E-state index is 13.5. The van der Waals surface area contributed by atoms with Gasteiger partial charge in [0.05, 0.1) is 12.0 Å². The highest BCUT2D eigenvalue weighted by molar-refractivity contribution is 5.76. The van der Waals surface area contributed by atoms with E-state index in [1.54, 1.807) is 0 Å². The van der Waals surface area contributed by atoms with Gasteiger partial charge >= 0.3 is 5.97 Å². The standard InChI is InChI=1S/C32H46O7/c1-4-30(2,3)29(33)36-26-25(24-15-34-31(37-24)20-7-16-5-17(9-20)10-21(31)8-16)35-28-27(26)38-32(39-28)22-11-18-6-19(13-22)14-23(32)12-18/h16-28H,4-15H2,1-3H3. The van der Waals surface area contributed by atoms with Gasteiger partial charge in [0.1, 0.15) is 12.2 Å². The minimum absolute atomic E-state index is 0.192. The molecule has 7 heteroatoms. The van der Waals surface area contributed by atoms with Crippen LogP contribution in [0.3, 0.4) is 0 Å². The lowest BCUT2D eigenvalue weighted by molar-refractivity contribution is -0.332. The zero-order chi connectivity index (χ0) is 26.3. The Bertz CT molecular complexity index is 982. The number of fused-ring (bicyclic) bond motifs is 1. The molecule has 11 rings (SSSR count). The van der Waals surface area contributed by atoms with E-state index in [1.165, 1.54) is 64.2 Å². The molecule has 216 valence electrons. The third-order valence-corrected chi connectivity index (χ3v) is 13.2. The van der Waals surface area contributed by atoms with E-state index in [2.05, 4.69) is 0 Å². The van der Waals surface area contributed by atoms with Crippen molar-refractivity contribution in [2.24, 2.45) is 52.8 Å². The van der Waals surface area contributed by atoms with Crippen LogP contribution in [0.15, 0.2) is 0 Å². The molecule has 3 aliphatic heterocycles. The van der Waals surface area contributed by atoms with E-state index in [4.69, 9.17) is 28.4 Å². The fourth-order valence-electron chi connectivity index (χ4n) is 11.3. The Morgan fingerprint density at radius 2 is 1.28 bits per heavy atom. The summed E-state index contributed by atoms with van der Waals surface area (Å²) in [5, 5.41) is 0. The van der Waals surface area contributed by atoms with Gasteiger partial charge in [-0.1, -0.05) is 6.92 Å². The van der Waals surface area contributed by atoms with Crippen LogP contribution < -0.4 is 0 Å². The molecule has 7 nitrogen and oxygen atoms in total. The summed E-state index contributed by atoms with van der Waals surface area (Å²) in [6.45, 7) is 6.44. The second kappa shape index (κ2) is 8.21. The van der Waals surface area contributed by atoms with Crippen molar-refractivity contribution in [3.63, 3.8) is 0 Å². The summed E-state index contributed by atoms with van der Waals surface area (Å²) in [5.41, 5.74) is -0.571. The van der Waals surface area contributed by atoms with Crippen molar-refractivity contribution < 1.29 is 33.2 Å². The molecular formula is C32H46O7. The van der Waals surface area contributed by atoms with Crippen molar-refractivity contribution in [3.8, 4) is 0 Å². The molecule has 5 atom stereocenters. The molecule has 39 heavy (non-hydrogen) atoms. The number of rotatable bonds is 4. The van der Waals surface area contributed by atoms with E-state index in [9.17, 15) is 4.79 Å². The minimum atomic E-state index is -0.575. The van der Waals surface area contributed by atoms with Gasteiger partial charge < -0.3 is 28.4 Å². The number of carbonyl (C=O) groups excluding carboxylic acids is 1. The summed E-state index contributed by atoms with van der Waals surface area (Å²) >= 11 is 0. The fraction of sp³-hybridized carbons (Fsp3) is 0.969. The van der Waals surface area contributed by atoms with E-state index in [0.29, 0.717) is 36.7 Å². The molecule has 0 aromatic rings. The van der Waals surface area contributed by atoms with Gasteiger partial charge in [0, 0.05) is 23.7 Å². The predicted molar refractivity (Wildman–Crippen MR) is 139 cm³/mol. The highest BCUT2D eigenvalue weighted by Gasteiger charge is 2.70. The summed E-state index contributed by atoms with van der Waals surface area (Å²) in [6.07, 6.45) is 10.9. The maximum atomic E-state index is 13.5. The number of hydrogen-bond donors (Lipinski definition) is 0. The molecule has 11 aliphatic rings. The molecule has 0 N–H and O–H groups in total. The summed E-state index contributed by atoms with van der Waals surface area (Å²) in [7, 11) is 0. The molecule has 0 aromatic carbocycles. The topological polar surface area (TPSA) is 72.5 Å². The third kappa shape index (κ3) is 3.37. The Kier molecular flexibility index (Phi) is 5.23. The molecule has 3 heterocycles. The molecule has 2 spiro atoms. The Hall–Kier alpha value is -0.730. The first-order chi connectivity index (χ1) is 18.8. The quantitative estimate of drug-likeness (QED) is 0.453. The van der Waals surface area contributed by atoms with Gasteiger partial charge in [-0.3, -0.25) is 4.79 Å². The first-order valence-electron chi connectivity index (χ1n) is 16.3. The Morgan fingerprint density at radius 3 is 1.82 bits per heavy atom. The van der Waals surface area contributed by atoms with Crippen molar-refractivity contribution in [2.45, 2.75) is 134 Å². The molecule has 0 amide bonds. The number of carbonyl (C=O) groups is 1. The molecular weight excluding hydrogens is 496 g/mol. The Morgan fingerprint density at radius 1 is 0.744 bits per heavy atom. The summed E-state index contributed by atoms with van der Waals surface area (Å²) < 4.78 is 40.6. The lowest BCUT2D eigenvalue weighted by Crippen LogP contribution is -2.60. The highest BCUT2D eigenvalue weighted by atomic mass is 16.9. The molecule has 8 bridgehead atoms. The molecule has 5 unspecified atom stereocenters. The van der Waals surface area contributed by atoms with E-state index in [1.807, 2.05) is 20.8 Å². The number of esters is 1. The van der Waals surface area contributed by atoms with Gasteiger partial charge in [-0.05, 0) is 108 Å². The zero-order valence-electron chi connectivity index (χ0n) is 23.8. The van der Waals surface area contributed by atoms with Crippen LogP contribution in [-0.2, 0) is 33.2 Å². The van der Waals surface area contributed by atoms with E-state index < -0.39 is 41.6 Å². The van der Waals surface area contributed by atoms with E-state index >= 15 is 0 Å². The largest absolute Gasteiger partial charge is 0.456 e. The first kappa shape index (κ1) is 24.8. The van der Waals surface area contributed by atoms with Gasteiger partial charge in [-0.25, -0.2) is 0 Å².